The first-order chi connectivity index (χ1) is 15.7. The van der Waals surface area contributed by atoms with Crippen molar-refractivity contribution in [2.75, 3.05) is 5.43 Å². The quantitative estimate of drug-likeness (QED) is 0.203. The molecule has 0 atom stereocenters. The topological polar surface area (TPSA) is 89.4 Å². The second-order valence-corrected chi connectivity index (χ2v) is 8.66. The van der Waals surface area contributed by atoms with Crippen LogP contribution in [0.2, 0.25) is 0 Å². The summed E-state index contributed by atoms with van der Waals surface area (Å²) in [6, 6.07) is 10.5. The molecule has 7 nitrogen and oxygen atoms in total. The Morgan fingerprint density at radius 3 is 2.81 bits per heavy atom. The minimum atomic E-state index is -0.441. The van der Waals surface area contributed by atoms with Gasteiger partial charge in [-0.25, -0.2) is 14.8 Å². The molecule has 1 aliphatic carbocycles. The molecule has 5 rings (SSSR count). The zero-order chi connectivity index (χ0) is 21.9. The van der Waals surface area contributed by atoms with Crippen LogP contribution in [0.25, 0.3) is 10.2 Å². The molecule has 32 heavy (non-hydrogen) atoms. The van der Waals surface area contributed by atoms with Gasteiger partial charge in [0.15, 0.2) is 5.82 Å². The molecule has 1 aliphatic rings. The Balaban J connectivity index is 1.30. The fourth-order valence-corrected chi connectivity index (χ4v) is 5.09. The van der Waals surface area contributed by atoms with E-state index in [1.54, 1.807) is 48.0 Å². The second-order valence-electron chi connectivity index (χ2n) is 7.58. The number of carbonyl (C=O) groups excluding carboxylic acids is 1. The van der Waals surface area contributed by atoms with Crippen molar-refractivity contribution in [3.63, 3.8) is 0 Å². The number of thiophene rings is 1. The third-order valence-corrected chi connectivity index (χ3v) is 6.48. The number of rotatable bonds is 5. The Labute approximate surface area is 189 Å². The number of benzene rings is 1. The summed E-state index contributed by atoms with van der Waals surface area (Å²) in [5.41, 5.74) is 5.76. The molecule has 160 valence electrons. The summed E-state index contributed by atoms with van der Waals surface area (Å²) < 4.78 is 5.38. The SMILES string of the molecule is Cc1nc(N/N=C/c2ccc(OC(=O)c3cccnc3)cc2)c2c3c(sc2n1)CCCC3. The number of nitrogens with zero attached hydrogens (tertiary/aromatic N) is 4. The second kappa shape index (κ2) is 8.84. The van der Waals surface area contributed by atoms with Gasteiger partial charge >= 0.3 is 5.97 Å². The summed E-state index contributed by atoms with van der Waals surface area (Å²) in [7, 11) is 0. The van der Waals surface area contributed by atoms with Crippen molar-refractivity contribution in [2.45, 2.75) is 32.6 Å². The number of fused-ring (bicyclic) bond motifs is 3. The maximum Gasteiger partial charge on any atom is 0.345 e. The van der Waals surface area contributed by atoms with Crippen molar-refractivity contribution in [1.82, 2.24) is 15.0 Å². The summed E-state index contributed by atoms with van der Waals surface area (Å²) in [6.07, 6.45) is 9.43. The minimum Gasteiger partial charge on any atom is -0.423 e. The fraction of sp³-hybridized carbons (Fsp3) is 0.208. The average molecular weight is 444 g/mol. The smallest absolute Gasteiger partial charge is 0.345 e. The van der Waals surface area contributed by atoms with Crippen molar-refractivity contribution in [3.8, 4) is 5.75 Å². The highest BCUT2D eigenvalue weighted by atomic mass is 32.1. The van der Waals surface area contributed by atoms with Crippen LogP contribution in [0.3, 0.4) is 0 Å². The first kappa shape index (κ1) is 20.3. The molecule has 3 aromatic heterocycles. The number of ether oxygens (including phenoxy) is 1. The highest BCUT2D eigenvalue weighted by Crippen LogP contribution is 2.38. The largest absolute Gasteiger partial charge is 0.423 e. The Morgan fingerprint density at radius 1 is 1.16 bits per heavy atom. The van der Waals surface area contributed by atoms with Gasteiger partial charge in [-0.05, 0) is 80.1 Å². The van der Waals surface area contributed by atoms with Crippen LogP contribution < -0.4 is 10.2 Å². The van der Waals surface area contributed by atoms with E-state index >= 15 is 0 Å². The lowest BCUT2D eigenvalue weighted by Crippen LogP contribution is -2.08. The molecule has 0 saturated heterocycles. The van der Waals surface area contributed by atoms with Gasteiger partial charge in [-0.3, -0.25) is 10.4 Å². The molecule has 0 amide bonds. The van der Waals surface area contributed by atoms with Gasteiger partial charge in [-0.2, -0.15) is 5.10 Å². The Morgan fingerprint density at radius 2 is 2.00 bits per heavy atom. The number of esters is 1. The third-order valence-electron chi connectivity index (χ3n) is 5.30. The average Bonchev–Trinajstić information content (AvgIpc) is 3.19. The van der Waals surface area contributed by atoms with Gasteiger partial charge in [0, 0.05) is 17.3 Å². The lowest BCUT2D eigenvalue weighted by atomic mass is 9.97. The zero-order valence-electron chi connectivity index (χ0n) is 17.5. The molecule has 0 unspecified atom stereocenters. The third kappa shape index (κ3) is 4.22. The van der Waals surface area contributed by atoms with E-state index in [4.69, 9.17) is 4.74 Å². The Hall–Kier alpha value is -3.65. The first-order valence-electron chi connectivity index (χ1n) is 10.5. The number of hydrogen-bond donors (Lipinski definition) is 1. The van der Waals surface area contributed by atoms with Crippen LogP contribution in [0.1, 0.15) is 45.0 Å². The van der Waals surface area contributed by atoms with Crippen LogP contribution in [-0.2, 0) is 12.8 Å². The van der Waals surface area contributed by atoms with E-state index in [1.807, 2.05) is 19.1 Å². The Kier molecular flexibility index (Phi) is 5.60. The van der Waals surface area contributed by atoms with Gasteiger partial charge in [-0.15, -0.1) is 11.3 Å². The lowest BCUT2D eigenvalue weighted by Gasteiger charge is -2.11. The van der Waals surface area contributed by atoms with Crippen molar-refractivity contribution >= 4 is 39.6 Å². The van der Waals surface area contributed by atoms with E-state index in [0.29, 0.717) is 11.3 Å². The van der Waals surface area contributed by atoms with Gasteiger partial charge in [0.25, 0.3) is 0 Å². The molecule has 0 aliphatic heterocycles. The number of anilines is 1. The molecule has 0 bridgehead atoms. The van der Waals surface area contributed by atoms with Crippen LogP contribution >= 0.6 is 11.3 Å². The molecule has 0 saturated carbocycles. The van der Waals surface area contributed by atoms with Gasteiger partial charge in [0.1, 0.15) is 16.4 Å². The maximum absolute atomic E-state index is 12.1. The van der Waals surface area contributed by atoms with Crippen molar-refractivity contribution in [3.05, 3.63) is 76.2 Å². The van der Waals surface area contributed by atoms with Gasteiger partial charge in [-0.1, -0.05) is 0 Å². The molecule has 0 spiro atoms. The predicted molar refractivity (Wildman–Crippen MR) is 126 cm³/mol. The molecule has 1 aromatic carbocycles. The van der Waals surface area contributed by atoms with Crippen molar-refractivity contribution in [1.29, 1.82) is 0 Å². The van der Waals surface area contributed by atoms with Crippen LogP contribution in [0.5, 0.6) is 5.75 Å². The lowest BCUT2D eigenvalue weighted by molar-refractivity contribution is 0.0734. The number of hydrazone groups is 1. The number of carbonyl (C=O) groups is 1. The Bertz CT molecular complexity index is 1300. The fourth-order valence-electron chi connectivity index (χ4n) is 3.78. The monoisotopic (exact) mass is 443 g/mol. The molecule has 1 N–H and O–H groups in total. The van der Waals surface area contributed by atoms with E-state index in [9.17, 15) is 4.79 Å². The number of aromatic nitrogens is 3. The summed E-state index contributed by atoms with van der Waals surface area (Å²) in [5.74, 6) is 1.50. The number of nitrogens with one attached hydrogen (secondary N) is 1. The molecular formula is C24H21N5O2S. The van der Waals surface area contributed by atoms with E-state index in [0.717, 1.165) is 40.3 Å². The molecule has 8 heteroatoms. The first-order valence-corrected chi connectivity index (χ1v) is 11.3. The molecule has 4 aromatic rings. The van der Waals surface area contributed by atoms with Gasteiger partial charge in [0.05, 0.1) is 17.2 Å². The molecule has 0 radical (unpaired) electrons. The summed E-state index contributed by atoms with van der Waals surface area (Å²) in [5, 5.41) is 5.50. The van der Waals surface area contributed by atoms with E-state index in [1.165, 1.54) is 29.5 Å². The standard InChI is InChI=1S/C24H21N5O2S/c1-15-27-22(21-19-6-2-3-7-20(19)32-23(21)28-15)29-26-13-16-8-10-18(11-9-16)31-24(30)17-5-4-12-25-14-17/h4-5,8-14H,2-3,6-7H2,1H3,(H,27,28,29)/b26-13+. The highest BCUT2D eigenvalue weighted by molar-refractivity contribution is 7.19. The molecule has 0 fully saturated rings. The number of aryl methyl sites for hydroxylation is 3. The van der Waals surface area contributed by atoms with E-state index < -0.39 is 5.97 Å². The summed E-state index contributed by atoms with van der Waals surface area (Å²) in [6.45, 7) is 1.90. The van der Waals surface area contributed by atoms with Gasteiger partial charge < -0.3 is 4.74 Å². The van der Waals surface area contributed by atoms with Crippen LogP contribution in [0.4, 0.5) is 5.82 Å². The van der Waals surface area contributed by atoms with Crippen LogP contribution in [-0.4, -0.2) is 27.1 Å². The van der Waals surface area contributed by atoms with Crippen molar-refractivity contribution in [2.24, 2.45) is 5.10 Å². The minimum absolute atomic E-state index is 0.407. The highest BCUT2D eigenvalue weighted by Gasteiger charge is 2.20. The predicted octanol–water partition coefficient (Wildman–Crippen LogP) is 4.94. The van der Waals surface area contributed by atoms with Crippen molar-refractivity contribution < 1.29 is 9.53 Å². The summed E-state index contributed by atoms with van der Waals surface area (Å²) >= 11 is 1.77. The molecule has 3 heterocycles. The maximum atomic E-state index is 12.1. The van der Waals surface area contributed by atoms with E-state index in [2.05, 4.69) is 25.5 Å². The number of hydrogen-bond acceptors (Lipinski definition) is 8. The van der Waals surface area contributed by atoms with E-state index in [-0.39, 0.29) is 0 Å². The van der Waals surface area contributed by atoms with Crippen LogP contribution in [0.15, 0.2) is 53.9 Å². The zero-order valence-corrected chi connectivity index (χ0v) is 18.4. The normalized spacial score (nSPS) is 13.3. The summed E-state index contributed by atoms with van der Waals surface area (Å²) in [4.78, 5) is 27.7. The van der Waals surface area contributed by atoms with Crippen LogP contribution in [0, 0.1) is 6.92 Å². The molecular weight excluding hydrogens is 422 g/mol. The number of pyridine rings is 1. The van der Waals surface area contributed by atoms with Gasteiger partial charge in [0.2, 0.25) is 0 Å².